The summed E-state index contributed by atoms with van der Waals surface area (Å²) in [7, 11) is 1.81. The van der Waals surface area contributed by atoms with Gasteiger partial charge in [-0.15, -0.1) is 0 Å². The van der Waals surface area contributed by atoms with Gasteiger partial charge in [-0.05, 0) is 18.9 Å². The average molecular weight is 332 g/mol. The van der Waals surface area contributed by atoms with Crippen molar-refractivity contribution in [2.75, 3.05) is 13.2 Å². The second-order valence-corrected chi connectivity index (χ2v) is 5.84. The van der Waals surface area contributed by atoms with Crippen LogP contribution in [0, 0.1) is 5.82 Å². The van der Waals surface area contributed by atoms with E-state index in [1.807, 2.05) is 7.05 Å². The molecule has 0 saturated carbocycles. The number of halogens is 1. The van der Waals surface area contributed by atoms with E-state index in [-0.39, 0.29) is 18.0 Å². The first-order valence-corrected chi connectivity index (χ1v) is 8.03. The fourth-order valence-corrected chi connectivity index (χ4v) is 2.84. The monoisotopic (exact) mass is 332 g/mol. The Morgan fingerprint density at radius 3 is 3.00 bits per heavy atom. The van der Waals surface area contributed by atoms with E-state index in [2.05, 4.69) is 15.6 Å². The molecule has 0 radical (unpaired) electrons. The first kappa shape index (κ1) is 16.4. The highest BCUT2D eigenvalue weighted by Gasteiger charge is 2.24. The van der Waals surface area contributed by atoms with Crippen LogP contribution in [-0.2, 0) is 11.8 Å². The molecule has 0 bridgehead atoms. The van der Waals surface area contributed by atoms with Crippen LogP contribution in [0.1, 0.15) is 30.3 Å². The number of carbonyl (C=O) groups is 1. The van der Waals surface area contributed by atoms with Gasteiger partial charge >= 0.3 is 6.03 Å². The minimum absolute atomic E-state index is 0.0517. The Hall–Kier alpha value is -2.41. The summed E-state index contributed by atoms with van der Waals surface area (Å²) in [5.74, 6) is 0.178. The van der Waals surface area contributed by atoms with E-state index in [1.54, 1.807) is 35.2 Å². The number of aryl methyl sites for hydroxylation is 1. The number of imidazole rings is 1. The normalized spacial score (nSPS) is 18.3. The molecule has 1 aromatic carbocycles. The molecule has 2 aromatic rings. The van der Waals surface area contributed by atoms with E-state index < -0.39 is 6.04 Å². The van der Waals surface area contributed by atoms with Gasteiger partial charge in [-0.1, -0.05) is 18.2 Å². The number of nitrogens with zero attached hydrogens (tertiary/aromatic N) is 2. The molecule has 7 heteroatoms. The van der Waals surface area contributed by atoms with Crippen LogP contribution in [0.4, 0.5) is 9.18 Å². The highest BCUT2D eigenvalue weighted by atomic mass is 19.1. The lowest BCUT2D eigenvalue weighted by molar-refractivity contribution is 0.111. The number of rotatable bonds is 5. The van der Waals surface area contributed by atoms with Crippen molar-refractivity contribution in [3.63, 3.8) is 0 Å². The van der Waals surface area contributed by atoms with Crippen LogP contribution in [-0.4, -0.2) is 34.8 Å². The molecule has 1 fully saturated rings. The summed E-state index contributed by atoms with van der Waals surface area (Å²) in [4.78, 5) is 16.5. The van der Waals surface area contributed by atoms with Gasteiger partial charge < -0.3 is 19.9 Å². The highest BCUT2D eigenvalue weighted by Crippen LogP contribution is 2.23. The van der Waals surface area contributed by atoms with Gasteiger partial charge in [-0.3, -0.25) is 0 Å². The molecular weight excluding hydrogens is 311 g/mol. The van der Waals surface area contributed by atoms with Gasteiger partial charge in [0, 0.05) is 38.2 Å². The molecule has 6 nitrogen and oxygen atoms in total. The van der Waals surface area contributed by atoms with Crippen LogP contribution in [0.15, 0.2) is 36.7 Å². The Bertz CT molecular complexity index is 697. The van der Waals surface area contributed by atoms with Crippen molar-refractivity contribution in [3.05, 3.63) is 53.9 Å². The third-order valence-electron chi connectivity index (χ3n) is 4.12. The van der Waals surface area contributed by atoms with Gasteiger partial charge in [-0.25, -0.2) is 14.2 Å². The van der Waals surface area contributed by atoms with Crippen molar-refractivity contribution in [3.8, 4) is 0 Å². The quantitative estimate of drug-likeness (QED) is 0.881. The van der Waals surface area contributed by atoms with E-state index in [4.69, 9.17) is 4.74 Å². The molecule has 2 N–H and O–H groups in total. The Morgan fingerprint density at radius 2 is 2.33 bits per heavy atom. The van der Waals surface area contributed by atoms with Crippen LogP contribution in [0.3, 0.4) is 0 Å². The van der Waals surface area contributed by atoms with Gasteiger partial charge in [0.1, 0.15) is 17.7 Å². The van der Waals surface area contributed by atoms with Crippen LogP contribution >= 0.6 is 0 Å². The first-order chi connectivity index (χ1) is 11.6. The number of urea groups is 1. The smallest absolute Gasteiger partial charge is 0.315 e. The molecule has 0 spiro atoms. The molecule has 1 aliphatic rings. The topological polar surface area (TPSA) is 68.2 Å². The van der Waals surface area contributed by atoms with Gasteiger partial charge in [-0.2, -0.15) is 0 Å². The van der Waals surface area contributed by atoms with Crippen LogP contribution < -0.4 is 10.6 Å². The molecule has 2 atom stereocenters. The number of benzene rings is 1. The van der Waals surface area contributed by atoms with Crippen molar-refractivity contribution in [2.24, 2.45) is 7.05 Å². The summed E-state index contributed by atoms with van der Waals surface area (Å²) in [5, 5.41) is 5.60. The molecular formula is C17H21FN4O2. The Kier molecular flexibility index (Phi) is 5.10. The standard InChI is InChI=1S/C17H21FN4O2/c1-22-9-8-19-16(22)15(13-6-2-3-7-14(13)18)21-17(23)20-11-12-5-4-10-24-12/h2-3,6-9,12,15H,4-5,10-11H2,1H3,(H2,20,21,23)/t12-,15-/m0/s1. The molecule has 0 unspecified atom stereocenters. The second kappa shape index (κ2) is 7.44. The Morgan fingerprint density at radius 1 is 1.50 bits per heavy atom. The van der Waals surface area contributed by atoms with E-state index in [0.717, 1.165) is 19.4 Å². The lowest BCUT2D eigenvalue weighted by atomic mass is 10.1. The number of ether oxygens (including phenoxy) is 1. The largest absolute Gasteiger partial charge is 0.376 e. The number of amides is 2. The first-order valence-electron chi connectivity index (χ1n) is 8.03. The molecule has 0 aliphatic carbocycles. The van der Waals surface area contributed by atoms with Crippen molar-refractivity contribution in [1.82, 2.24) is 20.2 Å². The van der Waals surface area contributed by atoms with Gasteiger partial charge in [0.2, 0.25) is 0 Å². The summed E-state index contributed by atoms with van der Waals surface area (Å²) >= 11 is 0. The maximum Gasteiger partial charge on any atom is 0.315 e. The molecule has 3 rings (SSSR count). The Balaban J connectivity index is 1.74. The van der Waals surface area contributed by atoms with E-state index in [1.165, 1.54) is 6.07 Å². The minimum Gasteiger partial charge on any atom is -0.376 e. The number of carbonyl (C=O) groups excluding carboxylic acids is 1. The predicted molar refractivity (Wildman–Crippen MR) is 87.0 cm³/mol. The maximum atomic E-state index is 14.2. The van der Waals surface area contributed by atoms with Crippen molar-refractivity contribution < 1.29 is 13.9 Å². The average Bonchev–Trinajstić information content (AvgIpc) is 3.23. The second-order valence-electron chi connectivity index (χ2n) is 5.84. The van der Waals surface area contributed by atoms with Crippen molar-refractivity contribution in [1.29, 1.82) is 0 Å². The SMILES string of the molecule is Cn1ccnc1[C@@H](NC(=O)NC[C@@H]1CCCO1)c1ccccc1F. The molecule has 1 saturated heterocycles. The Labute approximate surface area is 140 Å². The van der Waals surface area contributed by atoms with Gasteiger partial charge in [0.25, 0.3) is 0 Å². The van der Waals surface area contributed by atoms with Gasteiger partial charge in [0.15, 0.2) is 0 Å². The number of hydrogen-bond donors (Lipinski definition) is 2. The molecule has 24 heavy (non-hydrogen) atoms. The lowest BCUT2D eigenvalue weighted by Crippen LogP contribution is -2.42. The molecule has 1 aliphatic heterocycles. The number of aromatic nitrogens is 2. The zero-order valence-corrected chi connectivity index (χ0v) is 13.5. The minimum atomic E-state index is -0.671. The zero-order chi connectivity index (χ0) is 16.9. The van der Waals surface area contributed by atoms with E-state index in [0.29, 0.717) is 17.9 Å². The van der Waals surface area contributed by atoms with Crippen LogP contribution in [0.5, 0.6) is 0 Å². The third kappa shape index (κ3) is 3.73. The summed E-state index contributed by atoms with van der Waals surface area (Å²) < 4.78 is 21.5. The molecule has 2 amide bonds. The van der Waals surface area contributed by atoms with Crippen LogP contribution in [0.2, 0.25) is 0 Å². The highest BCUT2D eigenvalue weighted by molar-refractivity contribution is 5.74. The fraction of sp³-hybridized carbons (Fsp3) is 0.412. The van der Waals surface area contributed by atoms with E-state index in [9.17, 15) is 9.18 Å². The fourth-order valence-electron chi connectivity index (χ4n) is 2.84. The number of nitrogens with one attached hydrogen (secondary N) is 2. The summed E-state index contributed by atoms with van der Waals surface area (Å²) in [5.41, 5.74) is 0.374. The van der Waals surface area contributed by atoms with Crippen molar-refractivity contribution in [2.45, 2.75) is 25.0 Å². The maximum absolute atomic E-state index is 14.2. The summed E-state index contributed by atoms with van der Waals surface area (Å²) in [6.07, 6.45) is 5.38. The van der Waals surface area contributed by atoms with Gasteiger partial charge in [0.05, 0.1) is 6.10 Å². The molecule has 2 heterocycles. The number of hydrogen-bond acceptors (Lipinski definition) is 3. The molecule has 1 aromatic heterocycles. The lowest BCUT2D eigenvalue weighted by Gasteiger charge is -2.20. The third-order valence-corrected chi connectivity index (χ3v) is 4.12. The predicted octanol–water partition coefficient (Wildman–Crippen LogP) is 2.13. The summed E-state index contributed by atoms with van der Waals surface area (Å²) in [6.45, 7) is 1.18. The van der Waals surface area contributed by atoms with Crippen LogP contribution in [0.25, 0.3) is 0 Å². The molecule has 128 valence electrons. The summed E-state index contributed by atoms with van der Waals surface area (Å²) in [6, 6.07) is 5.33. The van der Waals surface area contributed by atoms with Crippen molar-refractivity contribution >= 4 is 6.03 Å². The zero-order valence-electron chi connectivity index (χ0n) is 13.5. The van der Waals surface area contributed by atoms with E-state index >= 15 is 0 Å².